The van der Waals surface area contributed by atoms with E-state index in [1.807, 2.05) is 0 Å². The first kappa shape index (κ1) is 14.4. The Bertz CT molecular complexity index is 533. The molecule has 1 saturated carbocycles. The molecule has 0 spiro atoms. The number of aromatic carboxylic acids is 1. The molecule has 0 unspecified atom stereocenters. The number of hydrogen-bond donors (Lipinski definition) is 3. The number of carbonyl (C=O) groups excluding carboxylic acids is 1. The van der Waals surface area contributed by atoms with Gasteiger partial charge in [-0.15, -0.1) is 0 Å². The maximum Gasteiger partial charge on any atom is 0.335 e. The number of rotatable bonds is 3. The van der Waals surface area contributed by atoms with E-state index in [9.17, 15) is 9.59 Å². The summed E-state index contributed by atoms with van der Waals surface area (Å²) in [6.45, 7) is 8.50. The first-order valence-corrected chi connectivity index (χ1v) is 6.57. The molecule has 5 heteroatoms. The lowest BCUT2D eigenvalue weighted by atomic mass is 10.0. The highest BCUT2D eigenvalue weighted by Gasteiger charge is 2.65. The lowest BCUT2D eigenvalue weighted by Crippen LogP contribution is -2.33. The third-order valence-electron chi connectivity index (χ3n) is 4.69. The summed E-state index contributed by atoms with van der Waals surface area (Å²) >= 11 is 0. The van der Waals surface area contributed by atoms with Crippen LogP contribution in [-0.2, 0) is 0 Å². The van der Waals surface area contributed by atoms with Gasteiger partial charge in [-0.05, 0) is 35.1 Å². The molecule has 3 N–H and O–H groups in total. The maximum absolute atomic E-state index is 11.9. The number of carboxylic acid groups (broad SMARTS) is 1. The number of carbonyl (C=O) groups is 2. The zero-order valence-electron chi connectivity index (χ0n) is 12.2. The predicted octanol–water partition coefficient (Wildman–Crippen LogP) is 2.94. The quantitative estimate of drug-likeness (QED) is 0.794. The molecule has 0 atom stereocenters. The molecule has 1 aliphatic rings. The Kier molecular flexibility index (Phi) is 3.24. The zero-order chi connectivity index (χ0) is 15.1. The highest BCUT2D eigenvalue weighted by Crippen LogP contribution is 2.62. The van der Waals surface area contributed by atoms with Crippen LogP contribution in [0.2, 0.25) is 0 Å². The number of hydrogen-bond acceptors (Lipinski definition) is 2. The highest BCUT2D eigenvalue weighted by atomic mass is 16.4. The molecule has 0 saturated heterocycles. The molecule has 1 fully saturated rings. The summed E-state index contributed by atoms with van der Waals surface area (Å²) in [5.74, 6) is -0.984. The van der Waals surface area contributed by atoms with Crippen molar-refractivity contribution in [2.45, 2.75) is 33.7 Å². The van der Waals surface area contributed by atoms with Crippen molar-refractivity contribution in [2.75, 3.05) is 5.32 Å². The third kappa shape index (κ3) is 2.35. The molecule has 0 radical (unpaired) electrons. The Morgan fingerprint density at radius 1 is 1.05 bits per heavy atom. The van der Waals surface area contributed by atoms with E-state index < -0.39 is 5.97 Å². The summed E-state index contributed by atoms with van der Waals surface area (Å²) in [6.07, 6.45) is 0. The van der Waals surface area contributed by atoms with Crippen molar-refractivity contribution in [2.24, 2.45) is 10.8 Å². The van der Waals surface area contributed by atoms with Crippen LogP contribution in [0.5, 0.6) is 0 Å². The number of carboxylic acids is 1. The van der Waals surface area contributed by atoms with Gasteiger partial charge in [0.25, 0.3) is 0 Å². The van der Waals surface area contributed by atoms with Gasteiger partial charge in [-0.1, -0.05) is 27.7 Å². The second kappa shape index (κ2) is 4.51. The van der Waals surface area contributed by atoms with E-state index in [-0.39, 0.29) is 28.5 Å². The van der Waals surface area contributed by atoms with Crippen LogP contribution in [0.15, 0.2) is 24.3 Å². The van der Waals surface area contributed by atoms with Crippen LogP contribution >= 0.6 is 0 Å². The molecule has 5 nitrogen and oxygen atoms in total. The summed E-state index contributed by atoms with van der Waals surface area (Å²) in [7, 11) is 0. The first-order valence-electron chi connectivity index (χ1n) is 6.57. The fraction of sp³-hybridized carbons (Fsp3) is 0.467. The Morgan fingerprint density at radius 2 is 1.55 bits per heavy atom. The van der Waals surface area contributed by atoms with Crippen LogP contribution in [0.1, 0.15) is 38.1 Å². The molecule has 0 aliphatic heterocycles. The minimum Gasteiger partial charge on any atom is -0.478 e. The highest BCUT2D eigenvalue weighted by molar-refractivity contribution is 5.92. The molecule has 0 aromatic heterocycles. The fourth-order valence-corrected chi connectivity index (χ4v) is 2.55. The third-order valence-corrected chi connectivity index (χ3v) is 4.69. The van der Waals surface area contributed by atoms with Crippen LogP contribution < -0.4 is 10.6 Å². The molecule has 0 bridgehead atoms. The van der Waals surface area contributed by atoms with Gasteiger partial charge in [0.1, 0.15) is 0 Å². The number of urea groups is 1. The number of anilines is 1. The maximum atomic E-state index is 11.9. The van der Waals surface area contributed by atoms with E-state index in [4.69, 9.17) is 5.11 Å². The van der Waals surface area contributed by atoms with Crippen LogP contribution in [0.25, 0.3) is 0 Å². The summed E-state index contributed by atoms with van der Waals surface area (Å²) in [5.41, 5.74) is 0.929. The van der Waals surface area contributed by atoms with Gasteiger partial charge in [0.15, 0.2) is 0 Å². The topological polar surface area (TPSA) is 78.4 Å². The van der Waals surface area contributed by atoms with Crippen molar-refractivity contribution in [3.63, 3.8) is 0 Å². The second-order valence-corrected chi connectivity index (χ2v) is 6.36. The van der Waals surface area contributed by atoms with Crippen molar-refractivity contribution in [1.29, 1.82) is 0 Å². The molecule has 108 valence electrons. The fourth-order valence-electron chi connectivity index (χ4n) is 2.55. The van der Waals surface area contributed by atoms with Gasteiger partial charge in [-0.25, -0.2) is 9.59 Å². The average Bonchev–Trinajstić information content (AvgIpc) is 2.72. The van der Waals surface area contributed by atoms with Gasteiger partial charge in [0, 0.05) is 11.7 Å². The number of amides is 2. The van der Waals surface area contributed by atoms with Crippen molar-refractivity contribution in [3.8, 4) is 0 Å². The van der Waals surface area contributed by atoms with E-state index in [0.717, 1.165) is 0 Å². The SMILES string of the molecule is CC1(C)C(NC(=O)Nc2ccc(C(=O)O)cc2)C1(C)C. The number of nitrogens with one attached hydrogen (secondary N) is 2. The van der Waals surface area contributed by atoms with Gasteiger partial charge in [0.2, 0.25) is 0 Å². The van der Waals surface area contributed by atoms with E-state index >= 15 is 0 Å². The van der Waals surface area contributed by atoms with Crippen molar-refractivity contribution in [3.05, 3.63) is 29.8 Å². The van der Waals surface area contributed by atoms with Crippen LogP contribution in [0, 0.1) is 10.8 Å². The summed E-state index contributed by atoms with van der Waals surface area (Å²) in [5, 5.41) is 14.5. The molecule has 2 rings (SSSR count). The van der Waals surface area contributed by atoms with Gasteiger partial charge in [-0.2, -0.15) is 0 Å². The van der Waals surface area contributed by atoms with E-state index in [2.05, 4.69) is 38.3 Å². The summed E-state index contributed by atoms with van der Waals surface area (Å²) in [4.78, 5) is 22.7. The molecule has 1 aromatic carbocycles. The molecular weight excluding hydrogens is 256 g/mol. The van der Waals surface area contributed by atoms with Gasteiger partial charge in [-0.3, -0.25) is 0 Å². The molecule has 1 aromatic rings. The predicted molar refractivity (Wildman–Crippen MR) is 76.9 cm³/mol. The van der Waals surface area contributed by atoms with Gasteiger partial charge < -0.3 is 15.7 Å². The molecule has 0 heterocycles. The first-order chi connectivity index (χ1) is 9.16. The lowest BCUT2D eigenvalue weighted by molar-refractivity contribution is 0.0697. The minimum atomic E-state index is -0.984. The van der Waals surface area contributed by atoms with E-state index in [0.29, 0.717) is 5.69 Å². The van der Waals surface area contributed by atoms with Crippen molar-refractivity contribution in [1.82, 2.24) is 5.32 Å². The van der Waals surface area contributed by atoms with Crippen LogP contribution in [0.4, 0.5) is 10.5 Å². The van der Waals surface area contributed by atoms with E-state index in [1.165, 1.54) is 12.1 Å². The van der Waals surface area contributed by atoms with E-state index in [1.54, 1.807) is 12.1 Å². The standard InChI is InChI=1S/C15H20N2O3/c1-14(2)12(15(14,3)4)17-13(20)16-10-7-5-9(6-8-10)11(18)19/h5-8,12H,1-4H3,(H,18,19)(H2,16,17,20). The van der Waals surface area contributed by atoms with Crippen LogP contribution in [-0.4, -0.2) is 23.1 Å². The summed E-state index contributed by atoms with van der Waals surface area (Å²) in [6, 6.07) is 5.94. The molecule has 20 heavy (non-hydrogen) atoms. The zero-order valence-corrected chi connectivity index (χ0v) is 12.2. The molecule has 2 amide bonds. The lowest BCUT2D eigenvalue weighted by Gasteiger charge is -2.09. The Balaban J connectivity index is 1.94. The molecular formula is C15H20N2O3. The van der Waals surface area contributed by atoms with Crippen molar-refractivity contribution >= 4 is 17.7 Å². The molecule has 1 aliphatic carbocycles. The number of benzene rings is 1. The largest absolute Gasteiger partial charge is 0.478 e. The Morgan fingerprint density at radius 3 is 1.95 bits per heavy atom. The van der Waals surface area contributed by atoms with Gasteiger partial charge in [0.05, 0.1) is 5.56 Å². The second-order valence-electron chi connectivity index (χ2n) is 6.36. The summed E-state index contributed by atoms with van der Waals surface area (Å²) < 4.78 is 0. The minimum absolute atomic E-state index is 0.0809. The Hall–Kier alpha value is -2.04. The monoisotopic (exact) mass is 276 g/mol. The van der Waals surface area contributed by atoms with Crippen molar-refractivity contribution < 1.29 is 14.7 Å². The average molecular weight is 276 g/mol. The smallest absolute Gasteiger partial charge is 0.335 e. The van der Waals surface area contributed by atoms with Crippen LogP contribution in [0.3, 0.4) is 0 Å². The Labute approximate surface area is 118 Å². The van der Waals surface area contributed by atoms with Gasteiger partial charge >= 0.3 is 12.0 Å². The normalized spacial score (nSPS) is 19.2.